The van der Waals surface area contributed by atoms with E-state index in [1.165, 1.54) is 10.6 Å². The van der Waals surface area contributed by atoms with E-state index < -0.39 is 0 Å². The Hall–Kier alpha value is -1.40. The van der Waals surface area contributed by atoms with Crippen molar-refractivity contribution in [2.75, 3.05) is 13.1 Å². The summed E-state index contributed by atoms with van der Waals surface area (Å²) in [6.07, 6.45) is 2.62. The lowest BCUT2D eigenvalue weighted by Gasteiger charge is -2.05. The summed E-state index contributed by atoms with van der Waals surface area (Å²) in [5.74, 6) is 0.0940. The molecule has 1 amide bonds. The summed E-state index contributed by atoms with van der Waals surface area (Å²) >= 11 is 1.70. The molecule has 0 radical (unpaired) electrons. The smallest absolute Gasteiger partial charge is 0.221 e. The van der Waals surface area contributed by atoms with Crippen LogP contribution in [-0.2, 0) is 11.3 Å². The maximum atomic E-state index is 11.3. The fourth-order valence-corrected chi connectivity index (χ4v) is 2.91. The molecule has 19 heavy (non-hydrogen) atoms. The molecule has 2 heterocycles. The van der Waals surface area contributed by atoms with Crippen LogP contribution in [0.5, 0.6) is 0 Å². The van der Waals surface area contributed by atoms with Gasteiger partial charge >= 0.3 is 0 Å². The molecule has 2 aromatic heterocycles. The molecule has 0 aliphatic rings. The van der Waals surface area contributed by atoms with E-state index in [4.69, 9.17) is 0 Å². The second-order valence-corrected chi connectivity index (χ2v) is 5.73. The Morgan fingerprint density at radius 2 is 2.26 bits per heavy atom. The van der Waals surface area contributed by atoms with Crippen LogP contribution in [0.25, 0.3) is 4.96 Å². The van der Waals surface area contributed by atoms with Crippen molar-refractivity contribution in [2.45, 2.75) is 33.7 Å². The number of carbonyl (C=O) groups is 1. The first-order valence-electron chi connectivity index (χ1n) is 6.53. The predicted octanol–water partition coefficient (Wildman–Crippen LogP) is 1.63. The van der Waals surface area contributed by atoms with Crippen LogP contribution in [0.1, 0.15) is 29.6 Å². The van der Waals surface area contributed by atoms with Gasteiger partial charge in [0.1, 0.15) is 0 Å². The van der Waals surface area contributed by atoms with E-state index in [9.17, 15) is 4.79 Å². The minimum Gasteiger partial charge on any atom is -0.356 e. The van der Waals surface area contributed by atoms with Crippen molar-refractivity contribution in [3.8, 4) is 0 Å². The van der Waals surface area contributed by atoms with E-state index in [2.05, 4.69) is 33.1 Å². The standard InChI is InChI=1S/C13H20N4OS/c1-4-15-12(18)5-6-14-7-11-10(3)16-13-17(11)8-9(2)19-13/h8,14H,4-7H2,1-3H3,(H,15,18). The molecule has 2 rings (SSSR count). The second-order valence-electron chi connectivity index (χ2n) is 4.52. The van der Waals surface area contributed by atoms with Gasteiger partial charge in [0.15, 0.2) is 4.96 Å². The predicted molar refractivity (Wildman–Crippen MR) is 77.6 cm³/mol. The molecule has 0 unspecified atom stereocenters. The summed E-state index contributed by atoms with van der Waals surface area (Å²) in [5, 5.41) is 6.09. The van der Waals surface area contributed by atoms with Crippen molar-refractivity contribution in [3.05, 3.63) is 22.5 Å². The normalized spacial score (nSPS) is 11.1. The van der Waals surface area contributed by atoms with E-state index in [0.717, 1.165) is 17.2 Å². The Kier molecular flexibility index (Phi) is 4.55. The van der Waals surface area contributed by atoms with E-state index in [1.807, 2.05) is 13.8 Å². The number of hydrogen-bond donors (Lipinski definition) is 2. The highest BCUT2D eigenvalue weighted by Crippen LogP contribution is 2.20. The highest BCUT2D eigenvalue weighted by Gasteiger charge is 2.10. The molecule has 2 N–H and O–H groups in total. The Balaban J connectivity index is 1.90. The molecular weight excluding hydrogens is 260 g/mol. The third-order valence-corrected chi connectivity index (χ3v) is 3.83. The van der Waals surface area contributed by atoms with E-state index in [1.54, 1.807) is 11.3 Å². The number of nitrogens with one attached hydrogen (secondary N) is 2. The Labute approximate surface area is 117 Å². The molecule has 0 bridgehead atoms. The zero-order valence-electron chi connectivity index (χ0n) is 11.6. The summed E-state index contributed by atoms with van der Waals surface area (Å²) in [4.78, 5) is 18.2. The second kappa shape index (κ2) is 6.16. The molecule has 0 saturated carbocycles. The molecule has 0 saturated heterocycles. The molecule has 0 aliphatic heterocycles. The van der Waals surface area contributed by atoms with Gasteiger partial charge in [-0.25, -0.2) is 4.98 Å². The largest absolute Gasteiger partial charge is 0.356 e. The van der Waals surface area contributed by atoms with E-state index >= 15 is 0 Å². The molecule has 0 aliphatic carbocycles. The first-order chi connectivity index (χ1) is 9.11. The first-order valence-corrected chi connectivity index (χ1v) is 7.35. The minimum atomic E-state index is 0.0940. The van der Waals surface area contributed by atoms with Crippen LogP contribution in [0.2, 0.25) is 0 Å². The van der Waals surface area contributed by atoms with Gasteiger partial charge in [0, 0.05) is 37.1 Å². The van der Waals surface area contributed by atoms with Crippen LogP contribution >= 0.6 is 11.3 Å². The quantitative estimate of drug-likeness (QED) is 0.791. The van der Waals surface area contributed by atoms with E-state index in [0.29, 0.717) is 19.5 Å². The van der Waals surface area contributed by atoms with Crippen molar-refractivity contribution < 1.29 is 4.79 Å². The zero-order chi connectivity index (χ0) is 13.8. The highest BCUT2D eigenvalue weighted by molar-refractivity contribution is 7.17. The van der Waals surface area contributed by atoms with Crippen molar-refractivity contribution in [1.29, 1.82) is 0 Å². The van der Waals surface area contributed by atoms with Gasteiger partial charge in [0.2, 0.25) is 5.91 Å². The molecule has 2 aromatic rings. The van der Waals surface area contributed by atoms with Crippen LogP contribution in [0, 0.1) is 13.8 Å². The number of fused-ring (bicyclic) bond motifs is 1. The van der Waals surface area contributed by atoms with E-state index in [-0.39, 0.29) is 5.91 Å². The summed E-state index contributed by atoms with van der Waals surface area (Å²) in [6.45, 7) is 8.15. The lowest BCUT2D eigenvalue weighted by atomic mass is 10.3. The van der Waals surface area contributed by atoms with Crippen molar-refractivity contribution >= 4 is 22.2 Å². The summed E-state index contributed by atoms with van der Waals surface area (Å²) in [7, 11) is 0. The molecule has 5 nitrogen and oxygen atoms in total. The van der Waals surface area contributed by atoms with Gasteiger partial charge in [-0.1, -0.05) is 0 Å². The minimum absolute atomic E-state index is 0.0940. The summed E-state index contributed by atoms with van der Waals surface area (Å²) < 4.78 is 2.13. The maximum absolute atomic E-state index is 11.3. The Bertz CT molecular complexity index is 572. The molecular formula is C13H20N4OS. The van der Waals surface area contributed by atoms with Gasteiger partial charge in [0.25, 0.3) is 0 Å². The number of imidazole rings is 1. The lowest BCUT2D eigenvalue weighted by molar-refractivity contribution is -0.120. The summed E-state index contributed by atoms with van der Waals surface area (Å²) in [6, 6.07) is 0. The average molecular weight is 280 g/mol. The number of rotatable bonds is 6. The third kappa shape index (κ3) is 3.33. The molecule has 0 spiro atoms. The van der Waals surface area contributed by atoms with Gasteiger partial charge < -0.3 is 10.6 Å². The Morgan fingerprint density at radius 3 is 3.00 bits per heavy atom. The number of amides is 1. The molecule has 6 heteroatoms. The summed E-state index contributed by atoms with van der Waals surface area (Å²) in [5.41, 5.74) is 2.23. The highest BCUT2D eigenvalue weighted by atomic mass is 32.1. The Morgan fingerprint density at radius 1 is 1.47 bits per heavy atom. The van der Waals surface area contributed by atoms with Crippen molar-refractivity contribution in [2.24, 2.45) is 0 Å². The molecule has 0 aromatic carbocycles. The maximum Gasteiger partial charge on any atom is 0.221 e. The number of carbonyl (C=O) groups excluding carboxylic acids is 1. The monoisotopic (exact) mass is 280 g/mol. The molecule has 104 valence electrons. The van der Waals surface area contributed by atoms with Gasteiger partial charge in [-0.05, 0) is 20.8 Å². The first kappa shape index (κ1) is 14.0. The van der Waals surface area contributed by atoms with Gasteiger partial charge in [0.05, 0.1) is 11.4 Å². The van der Waals surface area contributed by atoms with Crippen LogP contribution in [0.3, 0.4) is 0 Å². The van der Waals surface area contributed by atoms with Crippen LogP contribution in [0.4, 0.5) is 0 Å². The van der Waals surface area contributed by atoms with Crippen LogP contribution in [0.15, 0.2) is 6.20 Å². The number of aryl methyl sites for hydroxylation is 2. The van der Waals surface area contributed by atoms with Gasteiger partial charge in [-0.15, -0.1) is 11.3 Å². The van der Waals surface area contributed by atoms with Gasteiger partial charge in [-0.3, -0.25) is 9.20 Å². The topological polar surface area (TPSA) is 58.4 Å². The number of aromatic nitrogens is 2. The number of thiazole rings is 1. The fourth-order valence-electron chi connectivity index (χ4n) is 2.02. The van der Waals surface area contributed by atoms with Crippen molar-refractivity contribution in [1.82, 2.24) is 20.0 Å². The van der Waals surface area contributed by atoms with Crippen LogP contribution in [-0.4, -0.2) is 28.4 Å². The zero-order valence-corrected chi connectivity index (χ0v) is 12.4. The number of nitrogens with zero attached hydrogens (tertiary/aromatic N) is 2. The van der Waals surface area contributed by atoms with Gasteiger partial charge in [-0.2, -0.15) is 0 Å². The van der Waals surface area contributed by atoms with Crippen LogP contribution < -0.4 is 10.6 Å². The molecule has 0 fully saturated rings. The average Bonchev–Trinajstić information content (AvgIpc) is 2.81. The fraction of sp³-hybridized carbons (Fsp3) is 0.538. The molecule has 0 atom stereocenters. The number of hydrogen-bond acceptors (Lipinski definition) is 4. The van der Waals surface area contributed by atoms with Crippen molar-refractivity contribution in [3.63, 3.8) is 0 Å². The SMILES string of the molecule is CCNC(=O)CCNCc1c(C)nc2sc(C)cn12. The lowest BCUT2D eigenvalue weighted by Crippen LogP contribution is -2.27. The third-order valence-electron chi connectivity index (χ3n) is 2.94.